The van der Waals surface area contributed by atoms with E-state index in [2.05, 4.69) is 0 Å². The lowest BCUT2D eigenvalue weighted by Gasteiger charge is -2.34. The van der Waals surface area contributed by atoms with Gasteiger partial charge in [-0.05, 0) is 19.3 Å². The minimum atomic E-state index is -5.65. The fraction of sp³-hybridized carbons (Fsp3) is 0.909. The molecule has 0 aromatic rings. The summed E-state index contributed by atoms with van der Waals surface area (Å²) in [5.74, 6) is -3.27. The first-order valence-corrected chi connectivity index (χ1v) is 5.43. The highest BCUT2D eigenvalue weighted by Crippen LogP contribution is 2.52. The maximum atomic E-state index is 12.6. The molecule has 0 bridgehead atoms. The van der Waals surface area contributed by atoms with Crippen molar-refractivity contribution in [3.63, 3.8) is 0 Å². The maximum Gasteiger partial charge on any atom is 0.409 e. The molecule has 0 radical (unpaired) electrons. The van der Waals surface area contributed by atoms with Crippen LogP contribution in [-0.2, 0) is 4.79 Å². The zero-order valence-corrected chi connectivity index (χ0v) is 10.5. The van der Waals surface area contributed by atoms with Gasteiger partial charge in [0.15, 0.2) is 5.78 Å². The molecule has 0 saturated carbocycles. The van der Waals surface area contributed by atoms with E-state index in [0.717, 1.165) is 6.92 Å². The van der Waals surface area contributed by atoms with E-state index in [1.807, 2.05) is 0 Å². The quantitative estimate of drug-likeness (QED) is 0.698. The molecule has 0 heterocycles. The number of ketones is 1. The smallest absolute Gasteiger partial charge is 0.298 e. The summed E-state index contributed by atoms with van der Waals surface area (Å²) >= 11 is 0. The molecule has 0 spiro atoms. The van der Waals surface area contributed by atoms with Gasteiger partial charge in [-0.3, -0.25) is 4.79 Å². The van der Waals surface area contributed by atoms with Crippen molar-refractivity contribution in [1.29, 1.82) is 0 Å². The average molecular weight is 278 g/mol. The summed E-state index contributed by atoms with van der Waals surface area (Å²) in [6.07, 6.45) is -11.3. The Morgan fingerprint density at radius 1 is 0.944 bits per heavy atom. The van der Waals surface area contributed by atoms with Gasteiger partial charge in [-0.15, -0.1) is 0 Å². The molecule has 1 nitrogen and oxygen atoms in total. The Bertz CT molecular complexity index is 288. The Balaban J connectivity index is 5.45. The van der Waals surface area contributed by atoms with Crippen LogP contribution in [0.15, 0.2) is 0 Å². The number of alkyl halides is 6. The van der Waals surface area contributed by atoms with Gasteiger partial charge in [0.05, 0.1) is 0 Å². The molecule has 18 heavy (non-hydrogen) atoms. The van der Waals surface area contributed by atoms with Gasteiger partial charge < -0.3 is 0 Å². The minimum absolute atomic E-state index is 0.0133. The Labute approximate surface area is 102 Å². The Hall–Kier alpha value is -0.750. The van der Waals surface area contributed by atoms with Gasteiger partial charge in [0.25, 0.3) is 0 Å². The molecule has 0 aliphatic carbocycles. The molecular formula is C11H16F6O. The highest BCUT2D eigenvalue weighted by atomic mass is 19.4. The molecule has 0 rings (SSSR count). The lowest BCUT2D eigenvalue weighted by atomic mass is 9.76. The fourth-order valence-corrected chi connectivity index (χ4v) is 1.75. The van der Waals surface area contributed by atoms with Crippen molar-refractivity contribution in [2.45, 2.75) is 46.5 Å². The first kappa shape index (κ1) is 17.2. The van der Waals surface area contributed by atoms with Crippen LogP contribution >= 0.6 is 0 Å². The summed E-state index contributed by atoms with van der Waals surface area (Å²) in [5.41, 5.74) is -4.30. The van der Waals surface area contributed by atoms with Gasteiger partial charge in [0.2, 0.25) is 5.41 Å². The molecule has 0 aliphatic heterocycles. The van der Waals surface area contributed by atoms with Crippen molar-refractivity contribution in [3.8, 4) is 0 Å². The monoisotopic (exact) mass is 278 g/mol. The molecule has 0 fully saturated rings. The van der Waals surface area contributed by atoms with E-state index in [9.17, 15) is 31.1 Å². The average Bonchev–Trinajstić information content (AvgIpc) is 2.10. The number of carbonyl (C=O) groups excluding carboxylic acids is 1. The molecule has 0 amide bonds. The molecule has 0 saturated heterocycles. The third kappa shape index (κ3) is 3.17. The van der Waals surface area contributed by atoms with Crippen LogP contribution in [0, 0.1) is 17.3 Å². The second-order valence-corrected chi connectivity index (χ2v) is 5.02. The normalized spacial score (nSPS) is 15.9. The van der Waals surface area contributed by atoms with Crippen LogP contribution in [0.3, 0.4) is 0 Å². The summed E-state index contributed by atoms with van der Waals surface area (Å²) in [5, 5.41) is 0. The van der Waals surface area contributed by atoms with Crippen molar-refractivity contribution >= 4 is 5.78 Å². The zero-order chi connectivity index (χ0) is 14.9. The van der Waals surface area contributed by atoms with Crippen molar-refractivity contribution in [3.05, 3.63) is 0 Å². The summed E-state index contributed by atoms with van der Waals surface area (Å²) in [4.78, 5) is 11.6. The van der Waals surface area contributed by atoms with Gasteiger partial charge in [-0.2, -0.15) is 26.3 Å². The lowest BCUT2D eigenvalue weighted by Crippen LogP contribution is -2.55. The van der Waals surface area contributed by atoms with Crippen molar-refractivity contribution in [2.75, 3.05) is 0 Å². The van der Waals surface area contributed by atoms with Gasteiger partial charge in [-0.1, -0.05) is 20.8 Å². The third-order valence-corrected chi connectivity index (χ3v) is 2.90. The van der Waals surface area contributed by atoms with E-state index < -0.39 is 29.5 Å². The lowest BCUT2D eigenvalue weighted by molar-refractivity contribution is -0.319. The second kappa shape index (κ2) is 5.09. The summed E-state index contributed by atoms with van der Waals surface area (Å²) in [6, 6.07) is 0. The number of carbonyl (C=O) groups is 1. The van der Waals surface area contributed by atoms with E-state index in [0.29, 0.717) is 0 Å². The van der Waals surface area contributed by atoms with E-state index in [-0.39, 0.29) is 19.3 Å². The predicted octanol–water partition coefficient (Wildman–Crippen LogP) is 4.37. The number of hydrogen-bond donors (Lipinski definition) is 0. The van der Waals surface area contributed by atoms with E-state index in [1.54, 1.807) is 13.8 Å². The van der Waals surface area contributed by atoms with Crippen LogP contribution in [0.1, 0.15) is 34.1 Å². The van der Waals surface area contributed by atoms with Crippen LogP contribution in [0.25, 0.3) is 0 Å². The predicted molar refractivity (Wildman–Crippen MR) is 53.8 cm³/mol. The number of Topliss-reactive ketones (excluding diaryl/α,β-unsaturated/α-hetero) is 1. The van der Waals surface area contributed by atoms with Crippen molar-refractivity contribution in [2.24, 2.45) is 17.3 Å². The molecule has 0 aliphatic rings. The topological polar surface area (TPSA) is 17.1 Å². The molecule has 108 valence electrons. The van der Waals surface area contributed by atoms with Crippen LogP contribution in [0.5, 0.6) is 0 Å². The SMILES string of the molecule is CC(C)C[C@H](C)C(=O)C(C)(C(F)(F)F)C(F)(F)F. The summed E-state index contributed by atoms with van der Waals surface area (Å²) < 4.78 is 75.6. The molecule has 0 aromatic heterocycles. The van der Waals surface area contributed by atoms with E-state index >= 15 is 0 Å². The van der Waals surface area contributed by atoms with Crippen LogP contribution in [-0.4, -0.2) is 18.1 Å². The standard InChI is InChI=1S/C11H16F6O/c1-6(2)5-7(3)8(18)9(4,10(12,13)14)11(15,16)17/h6-7H,5H2,1-4H3/t7-/m0/s1. The van der Waals surface area contributed by atoms with Gasteiger partial charge in [-0.25, -0.2) is 0 Å². The first-order valence-electron chi connectivity index (χ1n) is 5.43. The minimum Gasteiger partial charge on any atom is -0.298 e. The molecular weight excluding hydrogens is 262 g/mol. The number of hydrogen-bond acceptors (Lipinski definition) is 1. The highest BCUT2D eigenvalue weighted by Gasteiger charge is 2.72. The Kier molecular flexibility index (Phi) is 4.88. The van der Waals surface area contributed by atoms with Crippen LogP contribution in [0.2, 0.25) is 0 Å². The molecule has 0 unspecified atom stereocenters. The summed E-state index contributed by atoms with van der Waals surface area (Å²) in [6.45, 7) is 4.26. The maximum absolute atomic E-state index is 12.6. The summed E-state index contributed by atoms with van der Waals surface area (Å²) in [7, 11) is 0. The van der Waals surface area contributed by atoms with Crippen molar-refractivity contribution < 1.29 is 31.1 Å². The van der Waals surface area contributed by atoms with Gasteiger partial charge >= 0.3 is 12.4 Å². The number of halogens is 6. The van der Waals surface area contributed by atoms with Gasteiger partial charge in [0.1, 0.15) is 0 Å². The van der Waals surface area contributed by atoms with Gasteiger partial charge in [0, 0.05) is 5.92 Å². The molecule has 7 heteroatoms. The van der Waals surface area contributed by atoms with E-state index in [1.165, 1.54) is 0 Å². The third-order valence-electron chi connectivity index (χ3n) is 2.90. The zero-order valence-electron chi connectivity index (χ0n) is 10.5. The highest BCUT2D eigenvalue weighted by molar-refractivity contribution is 5.88. The second-order valence-electron chi connectivity index (χ2n) is 5.02. The van der Waals surface area contributed by atoms with E-state index in [4.69, 9.17) is 0 Å². The Morgan fingerprint density at radius 3 is 1.50 bits per heavy atom. The molecule has 0 N–H and O–H groups in total. The Morgan fingerprint density at radius 2 is 1.28 bits per heavy atom. The first-order chi connectivity index (χ1) is 7.75. The number of rotatable bonds is 4. The van der Waals surface area contributed by atoms with Crippen LogP contribution < -0.4 is 0 Å². The largest absolute Gasteiger partial charge is 0.409 e. The van der Waals surface area contributed by atoms with Crippen LogP contribution in [0.4, 0.5) is 26.3 Å². The van der Waals surface area contributed by atoms with Crippen molar-refractivity contribution in [1.82, 2.24) is 0 Å². The fourth-order valence-electron chi connectivity index (χ4n) is 1.75. The molecule has 0 aromatic carbocycles. The molecule has 1 atom stereocenters.